The average Bonchev–Trinajstić information content (AvgIpc) is 2.38. The maximum Gasteiger partial charge on any atom is 0.225 e. The van der Waals surface area contributed by atoms with E-state index >= 15 is 0 Å². The Hall–Kier alpha value is -0.910. The molecule has 1 rings (SSSR count). The molecule has 0 fully saturated rings. The Bertz CT molecular complexity index is 410. The SMILES string of the molecule is COCCCNCCC(=O)Nc1ccc(Br)c(C)c1. The van der Waals surface area contributed by atoms with Gasteiger partial charge in [-0.1, -0.05) is 15.9 Å². The smallest absolute Gasteiger partial charge is 0.225 e. The molecule has 4 nitrogen and oxygen atoms in total. The van der Waals surface area contributed by atoms with Crippen LogP contribution in [0.5, 0.6) is 0 Å². The van der Waals surface area contributed by atoms with E-state index in [9.17, 15) is 4.79 Å². The lowest BCUT2D eigenvalue weighted by atomic mass is 10.2. The third kappa shape index (κ3) is 6.71. The molecule has 0 unspecified atom stereocenters. The molecule has 0 atom stereocenters. The molecule has 0 heterocycles. The topological polar surface area (TPSA) is 50.4 Å². The van der Waals surface area contributed by atoms with Gasteiger partial charge < -0.3 is 15.4 Å². The van der Waals surface area contributed by atoms with Crippen LogP contribution in [0.25, 0.3) is 0 Å². The molecular weight excluding hydrogens is 308 g/mol. The predicted octanol–water partition coefficient (Wildman–Crippen LogP) is 2.71. The first-order valence-electron chi connectivity index (χ1n) is 6.39. The summed E-state index contributed by atoms with van der Waals surface area (Å²) in [5.74, 6) is 0.0287. The van der Waals surface area contributed by atoms with Crippen molar-refractivity contribution in [1.29, 1.82) is 0 Å². The van der Waals surface area contributed by atoms with Gasteiger partial charge in [0, 0.05) is 36.8 Å². The van der Waals surface area contributed by atoms with Gasteiger partial charge in [-0.05, 0) is 43.7 Å². The number of benzene rings is 1. The van der Waals surface area contributed by atoms with Crippen molar-refractivity contribution in [3.63, 3.8) is 0 Å². The second-order valence-corrected chi connectivity index (χ2v) is 5.21. The number of ether oxygens (including phenoxy) is 1. The minimum absolute atomic E-state index is 0.0287. The van der Waals surface area contributed by atoms with Crippen LogP contribution in [0.15, 0.2) is 22.7 Å². The zero-order valence-corrected chi connectivity index (χ0v) is 13.0. The molecule has 0 aromatic heterocycles. The standard InChI is InChI=1S/C14H21BrN2O2/c1-11-10-12(4-5-13(11)15)17-14(18)6-8-16-7-3-9-19-2/h4-5,10,16H,3,6-9H2,1-2H3,(H,17,18). The maximum atomic E-state index is 11.7. The van der Waals surface area contributed by atoms with Crippen LogP contribution in [-0.4, -0.2) is 32.7 Å². The largest absolute Gasteiger partial charge is 0.385 e. The Labute approximate surface area is 123 Å². The van der Waals surface area contributed by atoms with Gasteiger partial charge in [0.1, 0.15) is 0 Å². The molecule has 5 heteroatoms. The van der Waals surface area contributed by atoms with Gasteiger partial charge in [0.15, 0.2) is 0 Å². The molecule has 0 saturated heterocycles. The fourth-order valence-corrected chi connectivity index (χ4v) is 1.86. The van der Waals surface area contributed by atoms with Gasteiger partial charge in [-0.15, -0.1) is 0 Å². The van der Waals surface area contributed by atoms with Crippen molar-refractivity contribution in [2.24, 2.45) is 0 Å². The van der Waals surface area contributed by atoms with Crippen molar-refractivity contribution in [3.05, 3.63) is 28.2 Å². The van der Waals surface area contributed by atoms with Crippen molar-refractivity contribution in [1.82, 2.24) is 5.32 Å². The Morgan fingerprint density at radius 1 is 1.37 bits per heavy atom. The number of hydrogen-bond acceptors (Lipinski definition) is 3. The van der Waals surface area contributed by atoms with Crippen LogP contribution < -0.4 is 10.6 Å². The second-order valence-electron chi connectivity index (χ2n) is 4.36. The van der Waals surface area contributed by atoms with Crippen molar-refractivity contribution in [2.75, 3.05) is 32.1 Å². The number of methoxy groups -OCH3 is 1. The third-order valence-corrected chi connectivity index (χ3v) is 3.56. The van der Waals surface area contributed by atoms with E-state index in [4.69, 9.17) is 4.74 Å². The van der Waals surface area contributed by atoms with Gasteiger partial charge in [-0.25, -0.2) is 0 Å². The number of rotatable bonds is 8. The molecule has 1 aromatic carbocycles. The van der Waals surface area contributed by atoms with E-state index in [-0.39, 0.29) is 5.91 Å². The number of nitrogens with one attached hydrogen (secondary N) is 2. The van der Waals surface area contributed by atoms with Crippen LogP contribution in [0, 0.1) is 6.92 Å². The lowest BCUT2D eigenvalue weighted by Crippen LogP contribution is -2.23. The molecular formula is C14H21BrN2O2. The Balaban J connectivity index is 2.21. The fraction of sp³-hybridized carbons (Fsp3) is 0.500. The summed E-state index contributed by atoms with van der Waals surface area (Å²) in [5, 5.41) is 6.10. The predicted molar refractivity (Wildman–Crippen MR) is 81.5 cm³/mol. The molecule has 2 N–H and O–H groups in total. The zero-order valence-electron chi connectivity index (χ0n) is 11.5. The van der Waals surface area contributed by atoms with Crippen molar-refractivity contribution >= 4 is 27.5 Å². The van der Waals surface area contributed by atoms with Gasteiger partial charge in [0.2, 0.25) is 5.91 Å². The summed E-state index contributed by atoms with van der Waals surface area (Å²) < 4.78 is 5.99. The molecule has 0 saturated carbocycles. The molecule has 0 aliphatic heterocycles. The van der Waals surface area contributed by atoms with Crippen LogP contribution in [0.2, 0.25) is 0 Å². The number of halogens is 1. The first-order valence-corrected chi connectivity index (χ1v) is 7.18. The minimum Gasteiger partial charge on any atom is -0.385 e. The van der Waals surface area contributed by atoms with Gasteiger partial charge >= 0.3 is 0 Å². The second kappa shape index (κ2) is 9.07. The van der Waals surface area contributed by atoms with E-state index in [1.807, 2.05) is 25.1 Å². The van der Waals surface area contributed by atoms with Gasteiger partial charge in [-0.2, -0.15) is 0 Å². The van der Waals surface area contributed by atoms with Gasteiger partial charge in [0.25, 0.3) is 0 Å². The van der Waals surface area contributed by atoms with E-state index in [0.29, 0.717) is 13.0 Å². The lowest BCUT2D eigenvalue weighted by Gasteiger charge is -2.08. The number of carbonyl (C=O) groups excluding carboxylic acids is 1. The summed E-state index contributed by atoms with van der Waals surface area (Å²) in [5.41, 5.74) is 1.94. The average molecular weight is 329 g/mol. The molecule has 0 aliphatic rings. The lowest BCUT2D eigenvalue weighted by molar-refractivity contribution is -0.116. The number of anilines is 1. The Kier molecular flexibility index (Phi) is 7.70. The first kappa shape index (κ1) is 16.1. The van der Waals surface area contributed by atoms with Crippen molar-refractivity contribution in [3.8, 4) is 0 Å². The van der Waals surface area contributed by atoms with E-state index in [0.717, 1.165) is 35.3 Å². The molecule has 19 heavy (non-hydrogen) atoms. The molecule has 0 bridgehead atoms. The molecule has 106 valence electrons. The number of aryl methyl sites for hydroxylation is 1. The minimum atomic E-state index is 0.0287. The Morgan fingerprint density at radius 2 is 2.16 bits per heavy atom. The van der Waals surface area contributed by atoms with Crippen LogP contribution >= 0.6 is 15.9 Å². The summed E-state index contributed by atoms with van der Waals surface area (Å²) in [6, 6.07) is 5.78. The highest BCUT2D eigenvalue weighted by Gasteiger charge is 2.03. The van der Waals surface area contributed by atoms with Crippen LogP contribution in [0.1, 0.15) is 18.4 Å². The zero-order chi connectivity index (χ0) is 14.1. The number of hydrogen-bond donors (Lipinski definition) is 2. The van der Waals surface area contributed by atoms with Crippen LogP contribution in [-0.2, 0) is 9.53 Å². The summed E-state index contributed by atoms with van der Waals surface area (Å²) in [7, 11) is 1.69. The first-order chi connectivity index (χ1) is 9.13. The summed E-state index contributed by atoms with van der Waals surface area (Å²) >= 11 is 3.43. The quantitative estimate of drug-likeness (QED) is 0.721. The van der Waals surface area contributed by atoms with E-state index in [1.165, 1.54) is 0 Å². The molecule has 0 aliphatic carbocycles. The summed E-state index contributed by atoms with van der Waals surface area (Å²) in [4.78, 5) is 11.7. The molecule has 1 aromatic rings. The summed E-state index contributed by atoms with van der Waals surface area (Å²) in [6.07, 6.45) is 1.44. The molecule has 1 amide bonds. The Morgan fingerprint density at radius 3 is 2.84 bits per heavy atom. The van der Waals surface area contributed by atoms with Gasteiger partial charge in [-0.3, -0.25) is 4.79 Å². The number of amides is 1. The summed E-state index contributed by atoms with van der Waals surface area (Å²) in [6.45, 7) is 4.30. The van der Waals surface area contributed by atoms with Crippen LogP contribution in [0.4, 0.5) is 5.69 Å². The highest BCUT2D eigenvalue weighted by Crippen LogP contribution is 2.19. The van der Waals surface area contributed by atoms with Gasteiger partial charge in [0.05, 0.1) is 0 Å². The monoisotopic (exact) mass is 328 g/mol. The van der Waals surface area contributed by atoms with E-state index < -0.39 is 0 Å². The van der Waals surface area contributed by atoms with Crippen LogP contribution in [0.3, 0.4) is 0 Å². The molecule has 0 radical (unpaired) electrons. The maximum absolute atomic E-state index is 11.7. The normalized spacial score (nSPS) is 10.5. The van der Waals surface area contributed by atoms with Crippen molar-refractivity contribution < 1.29 is 9.53 Å². The highest BCUT2D eigenvalue weighted by molar-refractivity contribution is 9.10. The number of carbonyl (C=O) groups is 1. The third-order valence-electron chi connectivity index (χ3n) is 2.67. The van der Waals surface area contributed by atoms with E-state index in [2.05, 4.69) is 26.6 Å². The van der Waals surface area contributed by atoms with E-state index in [1.54, 1.807) is 7.11 Å². The van der Waals surface area contributed by atoms with Crippen molar-refractivity contribution in [2.45, 2.75) is 19.8 Å². The fourth-order valence-electron chi connectivity index (χ4n) is 1.61. The molecule has 0 spiro atoms. The highest BCUT2D eigenvalue weighted by atomic mass is 79.9.